The Morgan fingerprint density at radius 2 is 2.18 bits per heavy atom. The molecule has 8 heteroatoms. The van der Waals surface area contributed by atoms with Crippen LogP contribution >= 0.6 is 0 Å². The lowest BCUT2D eigenvalue weighted by Gasteiger charge is -2.05. The summed E-state index contributed by atoms with van der Waals surface area (Å²) >= 11 is 0. The van der Waals surface area contributed by atoms with Crippen molar-refractivity contribution in [2.45, 2.75) is 11.3 Å². The third-order valence-corrected chi connectivity index (χ3v) is 3.36. The first kappa shape index (κ1) is 13.4. The van der Waals surface area contributed by atoms with Crippen LogP contribution in [0.4, 0.5) is 5.82 Å². The fourth-order valence-electron chi connectivity index (χ4n) is 1.06. The summed E-state index contributed by atoms with van der Waals surface area (Å²) in [5.41, 5.74) is 0. The van der Waals surface area contributed by atoms with E-state index in [9.17, 15) is 13.2 Å². The second-order valence-electron chi connectivity index (χ2n) is 3.16. The summed E-state index contributed by atoms with van der Waals surface area (Å²) in [6.45, 7) is 0.237. The third-order valence-electron chi connectivity index (χ3n) is 1.96. The molecule has 0 saturated heterocycles. The average Bonchev–Trinajstić information content (AvgIpc) is 2.29. The van der Waals surface area contributed by atoms with E-state index in [2.05, 4.69) is 15.0 Å². The van der Waals surface area contributed by atoms with Gasteiger partial charge in [-0.2, -0.15) is 0 Å². The number of anilines is 1. The Labute approximate surface area is 98.9 Å². The van der Waals surface area contributed by atoms with E-state index in [1.807, 2.05) is 0 Å². The molecule has 0 spiro atoms. The van der Waals surface area contributed by atoms with Gasteiger partial charge in [0.15, 0.2) is 0 Å². The number of aliphatic carboxylic acids is 1. The van der Waals surface area contributed by atoms with Crippen LogP contribution in [0.2, 0.25) is 0 Å². The van der Waals surface area contributed by atoms with E-state index in [-0.39, 0.29) is 17.9 Å². The van der Waals surface area contributed by atoms with Crippen molar-refractivity contribution in [3.05, 3.63) is 18.3 Å². The molecule has 94 valence electrons. The number of nitrogens with zero attached hydrogens (tertiary/aromatic N) is 1. The molecule has 0 unspecified atom stereocenters. The molecule has 7 nitrogen and oxygen atoms in total. The van der Waals surface area contributed by atoms with Crippen LogP contribution in [0.15, 0.2) is 23.2 Å². The number of rotatable bonds is 6. The van der Waals surface area contributed by atoms with Crippen molar-refractivity contribution in [1.82, 2.24) is 9.71 Å². The van der Waals surface area contributed by atoms with Crippen molar-refractivity contribution in [2.24, 2.45) is 0 Å². The maximum absolute atomic E-state index is 11.4. The molecule has 0 saturated carbocycles. The van der Waals surface area contributed by atoms with Crippen LogP contribution in [0.25, 0.3) is 0 Å². The largest absolute Gasteiger partial charge is 0.481 e. The molecular weight excluding hydrogens is 246 g/mol. The molecule has 1 aromatic heterocycles. The van der Waals surface area contributed by atoms with Gasteiger partial charge in [-0.15, -0.1) is 0 Å². The van der Waals surface area contributed by atoms with Gasteiger partial charge in [0.05, 0.1) is 6.42 Å². The summed E-state index contributed by atoms with van der Waals surface area (Å²) in [5, 5.41) is 11.2. The fraction of sp³-hybridized carbons (Fsp3) is 0.333. The first-order valence-electron chi connectivity index (χ1n) is 4.81. The Morgan fingerprint density at radius 3 is 2.65 bits per heavy atom. The van der Waals surface area contributed by atoms with Crippen molar-refractivity contribution in [1.29, 1.82) is 0 Å². The van der Waals surface area contributed by atoms with E-state index in [1.54, 1.807) is 0 Å². The number of carboxylic acid groups (broad SMARTS) is 1. The van der Waals surface area contributed by atoms with E-state index in [4.69, 9.17) is 5.11 Å². The second-order valence-corrected chi connectivity index (χ2v) is 5.04. The molecule has 3 N–H and O–H groups in total. The Balaban J connectivity index is 2.66. The third kappa shape index (κ3) is 4.00. The first-order valence-corrected chi connectivity index (χ1v) is 6.29. The van der Waals surface area contributed by atoms with Crippen molar-refractivity contribution in [2.75, 3.05) is 18.9 Å². The van der Waals surface area contributed by atoms with Gasteiger partial charge in [-0.05, 0) is 19.2 Å². The Morgan fingerprint density at radius 1 is 1.47 bits per heavy atom. The normalized spacial score (nSPS) is 11.1. The predicted octanol–water partition coefficient (Wildman–Crippen LogP) is -0.124. The Bertz CT molecular complexity index is 483. The molecule has 1 heterocycles. The summed E-state index contributed by atoms with van der Waals surface area (Å²) < 4.78 is 24.9. The lowest BCUT2D eigenvalue weighted by molar-refractivity contribution is -0.136. The maximum Gasteiger partial charge on any atom is 0.305 e. The number of carbonyl (C=O) groups is 1. The molecule has 0 aliphatic carbocycles. The van der Waals surface area contributed by atoms with Crippen molar-refractivity contribution in [3.63, 3.8) is 0 Å². The number of hydrogen-bond acceptors (Lipinski definition) is 5. The number of pyridine rings is 1. The molecule has 0 atom stereocenters. The van der Waals surface area contributed by atoms with Crippen LogP contribution in [0.3, 0.4) is 0 Å². The molecule has 0 fully saturated rings. The summed E-state index contributed by atoms with van der Waals surface area (Å²) in [4.78, 5) is 14.2. The van der Waals surface area contributed by atoms with Crippen molar-refractivity contribution < 1.29 is 18.3 Å². The summed E-state index contributed by atoms with van der Waals surface area (Å²) in [6, 6.07) is 2.87. The highest BCUT2D eigenvalue weighted by Crippen LogP contribution is 2.09. The zero-order chi connectivity index (χ0) is 12.9. The number of sulfonamides is 1. The minimum atomic E-state index is -3.48. The van der Waals surface area contributed by atoms with Gasteiger partial charge in [0.2, 0.25) is 10.0 Å². The van der Waals surface area contributed by atoms with Crippen molar-refractivity contribution >= 4 is 21.8 Å². The monoisotopic (exact) mass is 259 g/mol. The number of nitrogens with one attached hydrogen (secondary N) is 2. The van der Waals surface area contributed by atoms with Crippen LogP contribution < -0.4 is 10.0 Å². The minimum absolute atomic E-state index is 0.0295. The highest BCUT2D eigenvalue weighted by molar-refractivity contribution is 7.89. The Kier molecular flexibility index (Phi) is 4.41. The van der Waals surface area contributed by atoms with Gasteiger partial charge in [0.25, 0.3) is 0 Å². The number of hydrogen-bond donors (Lipinski definition) is 3. The zero-order valence-electron chi connectivity index (χ0n) is 9.17. The lowest BCUT2D eigenvalue weighted by Crippen LogP contribution is -2.18. The van der Waals surface area contributed by atoms with Crippen LogP contribution in [-0.2, 0) is 14.8 Å². The second kappa shape index (κ2) is 5.60. The molecule has 0 aliphatic heterocycles. The lowest BCUT2D eigenvalue weighted by atomic mass is 10.4. The minimum Gasteiger partial charge on any atom is -0.481 e. The molecule has 1 aromatic rings. The van der Waals surface area contributed by atoms with Gasteiger partial charge < -0.3 is 10.4 Å². The smallest absolute Gasteiger partial charge is 0.305 e. The van der Waals surface area contributed by atoms with Gasteiger partial charge in [-0.3, -0.25) is 4.79 Å². The molecule has 0 amide bonds. The molecule has 0 radical (unpaired) electrons. The summed E-state index contributed by atoms with van der Waals surface area (Å²) in [6.07, 6.45) is 1.17. The standard InChI is InChI=1S/C9H13N3O4S/c1-10-17(15,16)7-2-3-8(12-6-7)11-5-4-9(13)14/h2-3,6,10H,4-5H2,1H3,(H,11,12)(H,13,14). The van der Waals surface area contributed by atoms with Gasteiger partial charge in [-0.25, -0.2) is 18.1 Å². The predicted molar refractivity (Wildman–Crippen MR) is 61.2 cm³/mol. The van der Waals surface area contributed by atoms with Gasteiger partial charge >= 0.3 is 5.97 Å². The quantitative estimate of drug-likeness (QED) is 0.657. The van der Waals surface area contributed by atoms with E-state index < -0.39 is 16.0 Å². The molecule has 0 aromatic carbocycles. The van der Waals surface area contributed by atoms with Crippen molar-refractivity contribution in [3.8, 4) is 0 Å². The fourth-order valence-corrected chi connectivity index (χ4v) is 1.73. The van der Waals surface area contributed by atoms with Gasteiger partial charge in [-0.1, -0.05) is 0 Å². The molecular formula is C9H13N3O4S. The topological polar surface area (TPSA) is 108 Å². The van der Waals surface area contributed by atoms with Crippen LogP contribution in [0, 0.1) is 0 Å². The molecule has 0 bridgehead atoms. The average molecular weight is 259 g/mol. The highest BCUT2D eigenvalue weighted by atomic mass is 32.2. The van der Waals surface area contributed by atoms with E-state index in [0.29, 0.717) is 5.82 Å². The Hall–Kier alpha value is -1.67. The van der Waals surface area contributed by atoms with Crippen LogP contribution in [-0.4, -0.2) is 38.1 Å². The first-order chi connectivity index (χ1) is 7.95. The van der Waals surface area contributed by atoms with E-state index in [1.165, 1.54) is 25.4 Å². The number of carboxylic acids is 1. The molecule has 0 aliphatic rings. The van der Waals surface area contributed by atoms with E-state index >= 15 is 0 Å². The van der Waals surface area contributed by atoms with Crippen LogP contribution in [0.5, 0.6) is 0 Å². The number of aromatic nitrogens is 1. The maximum atomic E-state index is 11.4. The van der Waals surface area contributed by atoms with E-state index in [0.717, 1.165) is 0 Å². The van der Waals surface area contributed by atoms with Gasteiger partial charge in [0, 0.05) is 12.7 Å². The van der Waals surface area contributed by atoms with Crippen LogP contribution in [0.1, 0.15) is 6.42 Å². The summed E-state index contributed by atoms with van der Waals surface area (Å²) in [7, 11) is -2.17. The summed E-state index contributed by atoms with van der Waals surface area (Å²) in [5.74, 6) is -0.479. The van der Waals surface area contributed by atoms with Gasteiger partial charge in [0.1, 0.15) is 10.7 Å². The molecule has 17 heavy (non-hydrogen) atoms. The molecule has 1 rings (SSSR count). The SMILES string of the molecule is CNS(=O)(=O)c1ccc(NCCC(=O)O)nc1. The highest BCUT2D eigenvalue weighted by Gasteiger charge is 2.11. The zero-order valence-corrected chi connectivity index (χ0v) is 9.99.